The number of esters is 1. The van der Waals surface area contributed by atoms with Gasteiger partial charge in [0, 0.05) is 37.5 Å². The lowest BCUT2D eigenvalue weighted by molar-refractivity contribution is -0.146. The summed E-state index contributed by atoms with van der Waals surface area (Å²) in [7, 11) is 1.36. The Morgan fingerprint density at radius 2 is 2.03 bits per heavy atom. The van der Waals surface area contributed by atoms with E-state index in [0.29, 0.717) is 44.1 Å². The third kappa shape index (κ3) is 8.45. The van der Waals surface area contributed by atoms with Crippen LogP contribution in [0.1, 0.15) is 37.8 Å². The van der Waals surface area contributed by atoms with Gasteiger partial charge in [-0.25, -0.2) is 4.79 Å². The molecule has 1 unspecified atom stereocenters. The maximum absolute atomic E-state index is 13.5. The van der Waals surface area contributed by atoms with E-state index in [0.717, 1.165) is 12.2 Å². The molecular formula is C25H42N4O3S2. The van der Waals surface area contributed by atoms with E-state index in [4.69, 9.17) is 10.5 Å². The number of fused-ring (bicyclic) bond motifs is 1. The van der Waals surface area contributed by atoms with Gasteiger partial charge >= 0.3 is 5.97 Å². The number of benzene rings is 1. The Hall–Kier alpha value is -1.26. The van der Waals surface area contributed by atoms with Crippen LogP contribution in [-0.4, -0.2) is 78.9 Å². The molecule has 7 nitrogen and oxygen atoms in total. The molecule has 1 aliphatic rings. The van der Waals surface area contributed by atoms with E-state index in [1.165, 1.54) is 18.2 Å². The molecule has 0 saturated carbocycles. The molecule has 0 bridgehead atoms. The minimum atomic E-state index is -0.638. The fraction of sp³-hybridized carbons (Fsp3) is 0.680. The molecule has 1 aliphatic heterocycles. The predicted molar refractivity (Wildman–Crippen MR) is 144 cm³/mol. The van der Waals surface area contributed by atoms with Crippen molar-refractivity contribution in [3.8, 4) is 0 Å². The van der Waals surface area contributed by atoms with E-state index in [-0.39, 0.29) is 24.0 Å². The number of ether oxygens (including phenoxy) is 1. The predicted octanol–water partition coefficient (Wildman–Crippen LogP) is 2.09. The van der Waals surface area contributed by atoms with E-state index < -0.39 is 12.0 Å². The highest BCUT2D eigenvalue weighted by molar-refractivity contribution is 7.98. The molecule has 0 radical (unpaired) electrons. The van der Waals surface area contributed by atoms with Gasteiger partial charge in [0.2, 0.25) is 5.91 Å². The summed E-state index contributed by atoms with van der Waals surface area (Å²) in [6.07, 6.45) is 4.16. The molecule has 1 amide bonds. The second-order valence-electron chi connectivity index (χ2n) is 9.13. The first-order chi connectivity index (χ1) is 16.3. The van der Waals surface area contributed by atoms with E-state index >= 15 is 0 Å². The lowest BCUT2D eigenvalue weighted by Crippen LogP contribution is -2.57. The topological polar surface area (TPSA) is 96.7 Å². The number of hydrogen-bond acceptors (Lipinski definition) is 8. The largest absolute Gasteiger partial charge is 0.467 e. The third-order valence-corrected chi connectivity index (χ3v) is 7.81. The zero-order valence-electron chi connectivity index (χ0n) is 21.0. The molecule has 0 spiro atoms. The van der Waals surface area contributed by atoms with Crippen LogP contribution in [0.4, 0.5) is 0 Å². The van der Waals surface area contributed by atoms with E-state index in [2.05, 4.69) is 54.1 Å². The smallest absolute Gasteiger partial charge is 0.328 e. The summed E-state index contributed by atoms with van der Waals surface area (Å²) >= 11 is 5.95. The first-order valence-corrected chi connectivity index (χ1v) is 14.1. The van der Waals surface area contributed by atoms with Crippen molar-refractivity contribution < 1.29 is 14.3 Å². The van der Waals surface area contributed by atoms with Crippen LogP contribution < -0.4 is 16.4 Å². The van der Waals surface area contributed by atoms with Crippen LogP contribution in [0.15, 0.2) is 24.3 Å². The van der Waals surface area contributed by atoms with Crippen LogP contribution >= 0.6 is 24.4 Å². The summed E-state index contributed by atoms with van der Waals surface area (Å²) in [5, 5.41) is 6.61. The zero-order chi connectivity index (χ0) is 25.1. The first-order valence-electron chi connectivity index (χ1n) is 12.1. The van der Waals surface area contributed by atoms with E-state index in [9.17, 15) is 9.59 Å². The number of thioether (sulfide) groups is 1. The molecule has 2 rings (SSSR count). The quantitative estimate of drug-likeness (QED) is 0.225. The van der Waals surface area contributed by atoms with Gasteiger partial charge in [0.25, 0.3) is 0 Å². The Balaban J connectivity index is 2.24. The average molecular weight is 511 g/mol. The van der Waals surface area contributed by atoms with Crippen molar-refractivity contribution in [2.24, 2.45) is 11.7 Å². The molecule has 0 aromatic heterocycles. The zero-order valence-corrected chi connectivity index (χ0v) is 22.7. The van der Waals surface area contributed by atoms with Crippen molar-refractivity contribution >= 4 is 36.3 Å². The minimum absolute atomic E-state index is 0.0201. The number of nitrogens with two attached hydrogens (primary N) is 1. The molecule has 0 saturated heterocycles. The van der Waals surface area contributed by atoms with Gasteiger partial charge in [-0.15, -0.1) is 0 Å². The van der Waals surface area contributed by atoms with E-state index in [1.54, 1.807) is 11.8 Å². The van der Waals surface area contributed by atoms with Crippen LogP contribution in [0.2, 0.25) is 0 Å². The van der Waals surface area contributed by atoms with Gasteiger partial charge in [0.15, 0.2) is 0 Å². The highest BCUT2D eigenvalue weighted by atomic mass is 32.2. The lowest BCUT2D eigenvalue weighted by atomic mass is 9.91. The number of nitrogens with zero attached hydrogens (tertiary/aromatic N) is 1. The van der Waals surface area contributed by atoms with Crippen molar-refractivity contribution in [1.82, 2.24) is 15.5 Å². The lowest BCUT2D eigenvalue weighted by Gasteiger charge is -2.40. The molecule has 5 atom stereocenters. The highest BCUT2D eigenvalue weighted by Gasteiger charge is 2.35. The Bertz CT molecular complexity index is 782. The van der Waals surface area contributed by atoms with Crippen LogP contribution in [0.5, 0.6) is 0 Å². The Morgan fingerprint density at radius 1 is 1.32 bits per heavy atom. The summed E-state index contributed by atoms with van der Waals surface area (Å²) in [4.78, 5) is 28.1. The van der Waals surface area contributed by atoms with Gasteiger partial charge in [-0.3, -0.25) is 9.69 Å². The number of nitrogens with one attached hydrogen (secondary N) is 2. The molecule has 34 heavy (non-hydrogen) atoms. The van der Waals surface area contributed by atoms with Gasteiger partial charge in [0.1, 0.15) is 6.04 Å². The number of rotatable bonds is 14. The monoisotopic (exact) mass is 510 g/mol. The maximum atomic E-state index is 13.5. The first kappa shape index (κ1) is 29.0. The number of thiol groups is 1. The van der Waals surface area contributed by atoms with Crippen LogP contribution in [0.3, 0.4) is 0 Å². The highest BCUT2D eigenvalue weighted by Crippen LogP contribution is 2.25. The minimum Gasteiger partial charge on any atom is -0.467 e. The fourth-order valence-corrected chi connectivity index (χ4v) is 4.87. The third-order valence-electron chi connectivity index (χ3n) is 6.70. The molecule has 9 heteroatoms. The number of carbonyl (C=O) groups excluding carboxylic acids is 2. The van der Waals surface area contributed by atoms with Crippen LogP contribution in [0, 0.1) is 5.92 Å². The van der Waals surface area contributed by atoms with Gasteiger partial charge < -0.3 is 21.1 Å². The summed E-state index contributed by atoms with van der Waals surface area (Å²) in [6, 6.07) is 7.45. The van der Waals surface area contributed by atoms with E-state index in [1.807, 2.05) is 18.4 Å². The molecule has 0 fully saturated rings. The Kier molecular flexibility index (Phi) is 12.8. The van der Waals surface area contributed by atoms with Crippen molar-refractivity contribution in [2.75, 3.05) is 38.0 Å². The van der Waals surface area contributed by atoms with Crippen molar-refractivity contribution in [1.29, 1.82) is 0 Å². The molecule has 1 heterocycles. The standard InChI is InChI=1S/C25H42N4O3S2/c1-5-17(2)22(27-13-20(26)16-33)15-29-14-19-9-7-6-8-18(19)12-23(29)24(30)28-21(10-11-34-4)25(31)32-3/h6-9,17,20-23,27,33H,5,10-16,26H2,1-4H3,(H,28,30)/t17?,20-,21+,22-,23+/m1/s1. The number of methoxy groups -OCH3 is 1. The van der Waals surface area contributed by atoms with Gasteiger partial charge in [-0.2, -0.15) is 24.4 Å². The van der Waals surface area contributed by atoms with Gasteiger partial charge in [-0.05, 0) is 41.9 Å². The molecule has 0 aliphatic carbocycles. The second-order valence-corrected chi connectivity index (χ2v) is 10.5. The van der Waals surface area contributed by atoms with Crippen molar-refractivity contribution in [2.45, 2.75) is 63.8 Å². The maximum Gasteiger partial charge on any atom is 0.328 e. The summed E-state index contributed by atoms with van der Waals surface area (Å²) in [5.74, 6) is 1.28. The number of hydrogen-bond donors (Lipinski definition) is 4. The van der Waals surface area contributed by atoms with Gasteiger partial charge in [-0.1, -0.05) is 44.5 Å². The average Bonchev–Trinajstić information content (AvgIpc) is 2.86. The summed E-state index contributed by atoms with van der Waals surface area (Å²) in [5.41, 5.74) is 8.54. The van der Waals surface area contributed by atoms with Gasteiger partial charge in [0.05, 0.1) is 13.2 Å². The molecule has 4 N–H and O–H groups in total. The molecule has 1 aromatic rings. The summed E-state index contributed by atoms with van der Waals surface area (Å²) < 4.78 is 4.95. The second kappa shape index (κ2) is 15.0. The normalized spacial score (nSPS) is 19.5. The number of amides is 1. The Morgan fingerprint density at radius 3 is 2.65 bits per heavy atom. The fourth-order valence-electron chi connectivity index (χ4n) is 4.27. The molecule has 1 aromatic carbocycles. The summed E-state index contributed by atoms with van der Waals surface area (Å²) in [6.45, 7) is 6.50. The molecule has 192 valence electrons. The van der Waals surface area contributed by atoms with Crippen molar-refractivity contribution in [3.63, 3.8) is 0 Å². The van der Waals surface area contributed by atoms with Crippen LogP contribution in [0.25, 0.3) is 0 Å². The van der Waals surface area contributed by atoms with Crippen molar-refractivity contribution in [3.05, 3.63) is 35.4 Å². The Labute approximate surface area is 214 Å². The van der Waals surface area contributed by atoms with Crippen LogP contribution in [-0.2, 0) is 27.3 Å². The SMILES string of the molecule is CCC(C)[C@@H](CN1Cc2ccccc2C[C@H]1C(=O)N[C@@H](CCSC)C(=O)OC)NC[C@@H](N)CS. The number of carbonyl (C=O) groups is 2. The molecular weight excluding hydrogens is 468 g/mol.